The molecule has 162 valence electrons. The molecule has 3 aromatic carbocycles. The maximum absolute atomic E-state index is 13.6. The van der Waals surface area contributed by atoms with E-state index in [2.05, 4.69) is 31.2 Å². The van der Waals surface area contributed by atoms with Gasteiger partial charge in [0.15, 0.2) is 17.3 Å². The molecule has 3 atom stereocenters. The van der Waals surface area contributed by atoms with E-state index in [4.69, 9.17) is 9.47 Å². The molecule has 3 aliphatic heterocycles. The Labute approximate surface area is 186 Å². The van der Waals surface area contributed by atoms with Crippen molar-refractivity contribution in [2.24, 2.45) is 5.92 Å². The van der Waals surface area contributed by atoms with E-state index >= 15 is 0 Å². The second-order valence-electron chi connectivity index (χ2n) is 9.32. The highest BCUT2D eigenvalue weighted by Gasteiger charge is 2.51. The number of benzene rings is 3. The molecule has 5 nitrogen and oxygen atoms in total. The first kappa shape index (κ1) is 19.4. The standard InChI is InChI=1S/C27H25NO4/c1-16-7-10-25(29)28-22(26(16)30)13-19-11-17-5-3-4-6-18(17)12-21(19)27(28,2)20-8-9-23-24(14-20)32-15-31-23/h3-6,8-9,11-12,14,16,22H,7,10,13,15H2,1-2H3/t16?,22-,27-/m1/s1. The molecule has 0 aliphatic carbocycles. The van der Waals surface area contributed by atoms with Crippen LogP contribution < -0.4 is 9.47 Å². The molecule has 1 saturated heterocycles. The summed E-state index contributed by atoms with van der Waals surface area (Å²) in [7, 11) is 0. The van der Waals surface area contributed by atoms with E-state index < -0.39 is 11.6 Å². The Morgan fingerprint density at radius 3 is 2.53 bits per heavy atom. The molecule has 3 aliphatic rings. The summed E-state index contributed by atoms with van der Waals surface area (Å²) in [4.78, 5) is 28.9. The van der Waals surface area contributed by atoms with Gasteiger partial charge in [0, 0.05) is 18.8 Å². The second kappa shape index (κ2) is 6.83. The largest absolute Gasteiger partial charge is 0.454 e. The normalized spacial score (nSPS) is 26.6. The Morgan fingerprint density at radius 2 is 1.72 bits per heavy atom. The van der Waals surface area contributed by atoms with Gasteiger partial charge < -0.3 is 14.4 Å². The number of amides is 1. The molecule has 3 aromatic rings. The first-order valence-electron chi connectivity index (χ1n) is 11.2. The van der Waals surface area contributed by atoms with Gasteiger partial charge in [0.05, 0.1) is 11.6 Å². The number of hydrogen-bond donors (Lipinski definition) is 0. The van der Waals surface area contributed by atoms with Gasteiger partial charge in [-0.25, -0.2) is 0 Å². The van der Waals surface area contributed by atoms with Crippen molar-refractivity contribution in [2.75, 3.05) is 6.79 Å². The van der Waals surface area contributed by atoms with Gasteiger partial charge in [0.2, 0.25) is 12.7 Å². The smallest absolute Gasteiger partial charge is 0.231 e. The van der Waals surface area contributed by atoms with Crippen molar-refractivity contribution in [3.8, 4) is 11.5 Å². The van der Waals surface area contributed by atoms with Crippen LogP contribution in [0.4, 0.5) is 0 Å². The van der Waals surface area contributed by atoms with Crippen molar-refractivity contribution in [1.29, 1.82) is 0 Å². The number of rotatable bonds is 1. The van der Waals surface area contributed by atoms with E-state index in [1.54, 1.807) is 0 Å². The molecule has 0 N–H and O–H groups in total. The van der Waals surface area contributed by atoms with E-state index in [0.717, 1.165) is 27.5 Å². The molecule has 0 bridgehead atoms. The Morgan fingerprint density at radius 1 is 0.969 bits per heavy atom. The molecule has 0 aromatic heterocycles. The predicted octanol–water partition coefficient (Wildman–Crippen LogP) is 4.58. The molecular weight excluding hydrogens is 402 g/mol. The van der Waals surface area contributed by atoms with Gasteiger partial charge in [-0.05, 0) is 59.0 Å². The Kier molecular flexibility index (Phi) is 4.13. The fourth-order valence-electron chi connectivity index (χ4n) is 5.73. The van der Waals surface area contributed by atoms with Gasteiger partial charge in [0.1, 0.15) is 0 Å². The summed E-state index contributed by atoms with van der Waals surface area (Å²) in [5.41, 5.74) is 2.33. The number of Topliss-reactive ketones (excluding diaryl/α,β-unsaturated/α-hetero) is 1. The third kappa shape index (κ3) is 2.63. The van der Waals surface area contributed by atoms with Crippen LogP contribution in [0.25, 0.3) is 10.8 Å². The Balaban J connectivity index is 1.64. The van der Waals surface area contributed by atoms with Crippen molar-refractivity contribution < 1.29 is 19.1 Å². The third-order valence-corrected chi connectivity index (χ3v) is 7.51. The summed E-state index contributed by atoms with van der Waals surface area (Å²) in [6.45, 7) is 4.22. The summed E-state index contributed by atoms with van der Waals surface area (Å²) < 4.78 is 11.2. The van der Waals surface area contributed by atoms with Gasteiger partial charge in [-0.1, -0.05) is 43.3 Å². The highest BCUT2D eigenvalue weighted by atomic mass is 16.7. The fourth-order valence-corrected chi connectivity index (χ4v) is 5.73. The topological polar surface area (TPSA) is 55.8 Å². The predicted molar refractivity (Wildman–Crippen MR) is 121 cm³/mol. The number of nitrogens with zero attached hydrogens (tertiary/aromatic N) is 1. The van der Waals surface area contributed by atoms with Crippen molar-refractivity contribution in [1.82, 2.24) is 4.90 Å². The van der Waals surface area contributed by atoms with Gasteiger partial charge in [0.25, 0.3) is 0 Å². The molecule has 0 radical (unpaired) electrons. The highest BCUT2D eigenvalue weighted by Crippen LogP contribution is 2.48. The van der Waals surface area contributed by atoms with Crippen LogP contribution in [-0.4, -0.2) is 29.4 Å². The van der Waals surface area contributed by atoms with Gasteiger partial charge in [-0.3, -0.25) is 9.59 Å². The van der Waals surface area contributed by atoms with Crippen LogP contribution in [0.3, 0.4) is 0 Å². The number of carbonyl (C=O) groups excluding carboxylic acids is 2. The number of hydrogen-bond acceptors (Lipinski definition) is 4. The number of ether oxygens (including phenoxy) is 2. The van der Waals surface area contributed by atoms with Crippen molar-refractivity contribution in [3.63, 3.8) is 0 Å². The lowest BCUT2D eigenvalue weighted by molar-refractivity contribution is -0.144. The zero-order valence-corrected chi connectivity index (χ0v) is 18.3. The van der Waals surface area contributed by atoms with Crippen LogP contribution in [0.1, 0.15) is 43.4 Å². The fraction of sp³-hybridized carbons (Fsp3) is 0.333. The number of fused-ring (bicyclic) bond motifs is 4. The average Bonchev–Trinajstić information content (AvgIpc) is 3.25. The minimum atomic E-state index is -0.792. The van der Waals surface area contributed by atoms with Crippen molar-refractivity contribution >= 4 is 22.5 Å². The molecule has 1 unspecified atom stereocenters. The lowest BCUT2D eigenvalue weighted by Gasteiger charge is -2.50. The first-order valence-corrected chi connectivity index (χ1v) is 11.2. The van der Waals surface area contributed by atoms with Crippen LogP contribution >= 0.6 is 0 Å². The van der Waals surface area contributed by atoms with Crippen molar-refractivity contribution in [3.05, 3.63) is 71.3 Å². The molecule has 0 spiro atoms. The van der Waals surface area contributed by atoms with Crippen LogP contribution in [0.5, 0.6) is 11.5 Å². The molecule has 0 saturated carbocycles. The van der Waals surface area contributed by atoms with Gasteiger partial charge in [-0.2, -0.15) is 0 Å². The summed E-state index contributed by atoms with van der Waals surface area (Å²) in [5, 5.41) is 2.27. The van der Waals surface area contributed by atoms with E-state index in [0.29, 0.717) is 30.8 Å². The van der Waals surface area contributed by atoms with E-state index in [1.165, 1.54) is 0 Å². The first-order chi connectivity index (χ1) is 15.5. The molecule has 5 heteroatoms. The number of ketones is 1. The minimum Gasteiger partial charge on any atom is -0.454 e. The zero-order valence-electron chi connectivity index (χ0n) is 18.3. The molecule has 1 amide bonds. The van der Waals surface area contributed by atoms with Gasteiger partial charge >= 0.3 is 0 Å². The molecule has 3 heterocycles. The van der Waals surface area contributed by atoms with E-state index in [-0.39, 0.29) is 24.4 Å². The van der Waals surface area contributed by atoms with Crippen molar-refractivity contribution in [2.45, 2.75) is 44.7 Å². The highest BCUT2D eigenvalue weighted by molar-refractivity contribution is 5.95. The maximum Gasteiger partial charge on any atom is 0.231 e. The summed E-state index contributed by atoms with van der Waals surface area (Å²) >= 11 is 0. The monoisotopic (exact) mass is 427 g/mol. The van der Waals surface area contributed by atoms with Crippen LogP contribution in [0.15, 0.2) is 54.6 Å². The maximum atomic E-state index is 13.6. The quantitative estimate of drug-likeness (QED) is 0.570. The SMILES string of the molecule is CC1CCC(=O)N2[C@H](Cc3cc4ccccc4cc3[C@@]2(C)c2ccc3c(c2)OCO3)C1=O. The molecular formula is C27H25NO4. The molecule has 32 heavy (non-hydrogen) atoms. The summed E-state index contributed by atoms with van der Waals surface area (Å²) in [5.74, 6) is 1.44. The Hall–Kier alpha value is -3.34. The van der Waals surface area contributed by atoms with Crippen LogP contribution in [-0.2, 0) is 21.5 Å². The van der Waals surface area contributed by atoms with Crippen LogP contribution in [0.2, 0.25) is 0 Å². The Bertz CT molecular complexity index is 1280. The van der Waals surface area contributed by atoms with E-state index in [1.807, 2.05) is 42.2 Å². The van der Waals surface area contributed by atoms with E-state index in [9.17, 15) is 9.59 Å². The van der Waals surface area contributed by atoms with Crippen LogP contribution in [0, 0.1) is 5.92 Å². The minimum absolute atomic E-state index is 0.0340. The second-order valence-corrected chi connectivity index (χ2v) is 9.32. The lowest BCUT2D eigenvalue weighted by atomic mass is 9.73. The molecule has 6 rings (SSSR count). The van der Waals surface area contributed by atoms with Gasteiger partial charge in [-0.15, -0.1) is 0 Å². The molecule has 1 fully saturated rings. The summed E-state index contributed by atoms with van der Waals surface area (Å²) in [6, 6.07) is 18.0. The third-order valence-electron chi connectivity index (χ3n) is 7.51. The number of carbonyl (C=O) groups is 2. The average molecular weight is 428 g/mol. The zero-order chi connectivity index (χ0) is 22.0. The summed E-state index contributed by atoms with van der Waals surface area (Å²) in [6.07, 6.45) is 1.53. The lowest BCUT2D eigenvalue weighted by Crippen LogP contribution is -2.59.